The fourth-order valence-electron chi connectivity index (χ4n) is 2.23. The Labute approximate surface area is 146 Å². The van der Waals surface area contributed by atoms with Crippen molar-refractivity contribution in [3.8, 4) is 0 Å². The second-order valence-electron chi connectivity index (χ2n) is 5.36. The van der Waals surface area contributed by atoms with Crippen molar-refractivity contribution in [1.29, 1.82) is 0 Å². The van der Waals surface area contributed by atoms with Gasteiger partial charge in [0.25, 0.3) is 0 Å². The number of thioether (sulfide) groups is 1. The molecule has 0 fully saturated rings. The molecule has 2 aromatic carbocycles. The second-order valence-corrected chi connectivity index (χ2v) is 6.55. The molecule has 24 heavy (non-hydrogen) atoms. The molecule has 0 aromatic heterocycles. The first-order chi connectivity index (χ1) is 11.6. The lowest BCUT2D eigenvalue weighted by Crippen LogP contribution is -2.30. The first-order valence-corrected chi connectivity index (χ1v) is 8.80. The van der Waals surface area contributed by atoms with Crippen molar-refractivity contribution >= 4 is 35.3 Å². The zero-order chi connectivity index (χ0) is 17.4. The van der Waals surface area contributed by atoms with Crippen molar-refractivity contribution in [2.75, 3.05) is 17.6 Å². The Bertz CT molecular complexity index is 691. The van der Waals surface area contributed by atoms with Crippen molar-refractivity contribution in [1.82, 2.24) is 0 Å². The summed E-state index contributed by atoms with van der Waals surface area (Å²) in [5.41, 5.74) is 14.6. The normalized spacial score (nSPS) is 11.7. The molecule has 0 saturated heterocycles. The number of benzene rings is 2. The average molecular weight is 343 g/mol. The van der Waals surface area contributed by atoms with Crippen LogP contribution < -0.4 is 22.2 Å². The van der Waals surface area contributed by atoms with Crippen molar-refractivity contribution < 1.29 is 10.2 Å². The smallest absolute Gasteiger partial charge is 0.237 e. The number of nitrogen functional groups attached to an aromatic ring is 1. The molecule has 5 nitrogen and oxygen atoms in total. The SMILES string of the molecule is NCCC(SCc1ccccc1)C(=O)Nc1ccc(N)c(C=[NH2+])c1. The topological polar surface area (TPSA) is 107 Å². The number of carbonyl (C=O) groups excluding carboxylic acids is 1. The average Bonchev–Trinajstić information content (AvgIpc) is 2.61. The van der Waals surface area contributed by atoms with E-state index in [1.54, 1.807) is 30.0 Å². The molecule has 1 atom stereocenters. The predicted molar refractivity (Wildman–Crippen MR) is 102 cm³/mol. The summed E-state index contributed by atoms with van der Waals surface area (Å²) < 4.78 is 0. The van der Waals surface area contributed by atoms with Gasteiger partial charge < -0.3 is 16.8 Å². The third kappa shape index (κ3) is 5.11. The Hall–Kier alpha value is -2.31. The highest BCUT2D eigenvalue weighted by atomic mass is 32.2. The third-order valence-electron chi connectivity index (χ3n) is 3.55. The van der Waals surface area contributed by atoms with Gasteiger partial charge in [-0.1, -0.05) is 30.3 Å². The fraction of sp³-hybridized carbons (Fsp3) is 0.222. The summed E-state index contributed by atoms with van der Waals surface area (Å²) in [7, 11) is 0. The van der Waals surface area contributed by atoms with E-state index in [9.17, 15) is 4.79 Å². The minimum absolute atomic E-state index is 0.0610. The number of hydrogen-bond donors (Lipinski definition) is 4. The van der Waals surface area contributed by atoms with Crippen LogP contribution in [0.3, 0.4) is 0 Å². The molecule has 0 aliphatic carbocycles. The van der Waals surface area contributed by atoms with Crippen LogP contribution in [0.15, 0.2) is 48.5 Å². The number of nitrogens with one attached hydrogen (secondary N) is 1. The molecule has 2 aromatic rings. The molecule has 0 bridgehead atoms. The van der Waals surface area contributed by atoms with E-state index >= 15 is 0 Å². The van der Waals surface area contributed by atoms with Crippen molar-refractivity contribution in [2.45, 2.75) is 17.4 Å². The van der Waals surface area contributed by atoms with Gasteiger partial charge in [0, 0.05) is 17.1 Å². The highest BCUT2D eigenvalue weighted by Gasteiger charge is 2.18. The van der Waals surface area contributed by atoms with Gasteiger partial charge in [-0.2, -0.15) is 0 Å². The van der Waals surface area contributed by atoms with Gasteiger partial charge in [-0.3, -0.25) is 10.2 Å². The van der Waals surface area contributed by atoms with Gasteiger partial charge in [-0.25, -0.2) is 0 Å². The van der Waals surface area contributed by atoms with Gasteiger partial charge in [0.15, 0.2) is 6.21 Å². The number of anilines is 2. The molecule has 7 N–H and O–H groups in total. The second kappa shape index (κ2) is 9.10. The molecule has 2 rings (SSSR count). The van der Waals surface area contributed by atoms with Crippen molar-refractivity contribution in [3.63, 3.8) is 0 Å². The molecular formula is C18H23N4OS+. The van der Waals surface area contributed by atoms with E-state index in [0.717, 1.165) is 5.75 Å². The van der Waals surface area contributed by atoms with Crippen LogP contribution >= 0.6 is 11.8 Å². The molecule has 6 heteroatoms. The highest BCUT2D eigenvalue weighted by molar-refractivity contribution is 7.99. The standard InChI is InChI=1S/C18H22N4OS/c19-9-8-17(24-12-13-4-2-1-3-5-13)18(23)22-15-6-7-16(21)14(10-15)11-20/h1-7,10-11,17,20H,8-9,12,19,21H2,(H,22,23)/p+1. The Morgan fingerprint density at radius 1 is 1.25 bits per heavy atom. The lowest BCUT2D eigenvalue weighted by atomic mass is 10.1. The summed E-state index contributed by atoms with van der Waals surface area (Å²) >= 11 is 1.59. The quantitative estimate of drug-likeness (QED) is 0.424. The maximum atomic E-state index is 12.5. The van der Waals surface area contributed by atoms with E-state index in [-0.39, 0.29) is 11.2 Å². The van der Waals surface area contributed by atoms with Gasteiger partial charge in [0.05, 0.1) is 10.8 Å². The van der Waals surface area contributed by atoms with Gasteiger partial charge in [0.1, 0.15) is 0 Å². The van der Waals surface area contributed by atoms with Crippen LogP contribution in [-0.2, 0) is 10.5 Å². The van der Waals surface area contributed by atoms with E-state index in [1.165, 1.54) is 11.8 Å². The summed E-state index contributed by atoms with van der Waals surface area (Å²) in [6.45, 7) is 0.462. The molecule has 1 unspecified atom stereocenters. The van der Waals surface area contributed by atoms with Gasteiger partial charge in [0.2, 0.25) is 5.91 Å². The zero-order valence-corrected chi connectivity index (χ0v) is 14.3. The largest absolute Gasteiger partial charge is 0.398 e. The van der Waals surface area contributed by atoms with E-state index in [2.05, 4.69) is 5.32 Å². The molecule has 126 valence electrons. The van der Waals surface area contributed by atoms with Crippen LogP contribution in [0, 0.1) is 0 Å². The number of hydrogen-bond acceptors (Lipinski definition) is 4. The summed E-state index contributed by atoms with van der Waals surface area (Å²) in [6, 6.07) is 15.3. The van der Waals surface area contributed by atoms with Crippen LogP contribution in [0.2, 0.25) is 0 Å². The Morgan fingerprint density at radius 2 is 2.00 bits per heavy atom. The van der Waals surface area contributed by atoms with Crippen LogP contribution in [0.4, 0.5) is 11.4 Å². The van der Waals surface area contributed by atoms with E-state index in [0.29, 0.717) is 29.9 Å². The van der Waals surface area contributed by atoms with Gasteiger partial charge in [-0.15, -0.1) is 11.8 Å². The molecule has 0 radical (unpaired) electrons. The van der Waals surface area contributed by atoms with Crippen molar-refractivity contribution in [3.05, 3.63) is 59.7 Å². The lowest BCUT2D eigenvalue weighted by molar-refractivity contribution is -0.115. The predicted octanol–water partition coefficient (Wildman–Crippen LogP) is 1.04. The monoisotopic (exact) mass is 343 g/mol. The third-order valence-corrected chi connectivity index (χ3v) is 4.90. The molecule has 0 heterocycles. The Morgan fingerprint density at radius 3 is 2.67 bits per heavy atom. The molecule has 0 saturated carbocycles. The first kappa shape index (κ1) is 18.0. The number of carbonyl (C=O) groups is 1. The maximum absolute atomic E-state index is 12.5. The number of nitrogens with two attached hydrogens (primary N) is 3. The van der Waals surface area contributed by atoms with Crippen LogP contribution in [0.25, 0.3) is 0 Å². The van der Waals surface area contributed by atoms with Crippen molar-refractivity contribution in [2.24, 2.45) is 5.73 Å². The Balaban J connectivity index is 2.01. The maximum Gasteiger partial charge on any atom is 0.237 e. The van der Waals surface area contributed by atoms with Crippen LogP contribution in [-0.4, -0.2) is 23.9 Å². The summed E-state index contributed by atoms with van der Waals surface area (Å²) in [4.78, 5) is 12.5. The van der Waals surface area contributed by atoms with E-state index in [4.69, 9.17) is 16.9 Å². The highest BCUT2D eigenvalue weighted by Crippen LogP contribution is 2.23. The summed E-state index contributed by atoms with van der Waals surface area (Å²) in [5, 5.41) is 8.24. The van der Waals surface area contributed by atoms with E-state index in [1.807, 2.05) is 30.3 Å². The molecular weight excluding hydrogens is 320 g/mol. The summed E-state index contributed by atoms with van der Waals surface area (Å²) in [5.74, 6) is 0.705. The zero-order valence-electron chi connectivity index (χ0n) is 13.4. The number of amides is 1. The number of rotatable bonds is 8. The molecule has 1 amide bonds. The summed E-state index contributed by atoms with van der Waals surface area (Å²) in [6.07, 6.45) is 2.04. The lowest BCUT2D eigenvalue weighted by Gasteiger charge is -2.16. The molecule has 0 spiro atoms. The minimum Gasteiger partial charge on any atom is -0.398 e. The van der Waals surface area contributed by atoms with Crippen LogP contribution in [0.1, 0.15) is 17.5 Å². The first-order valence-electron chi connectivity index (χ1n) is 7.75. The van der Waals surface area contributed by atoms with E-state index < -0.39 is 0 Å². The van der Waals surface area contributed by atoms with Gasteiger partial charge in [-0.05, 0) is 36.7 Å². The fourth-order valence-corrected chi connectivity index (χ4v) is 3.33. The Kier molecular flexibility index (Phi) is 6.84. The molecule has 0 aliphatic rings. The van der Waals surface area contributed by atoms with Gasteiger partial charge >= 0.3 is 0 Å². The van der Waals surface area contributed by atoms with Crippen LogP contribution in [0.5, 0.6) is 0 Å². The minimum atomic E-state index is -0.210. The molecule has 0 aliphatic heterocycles.